The number of nitrogens with two attached hydrogens (primary N) is 1. The van der Waals surface area contributed by atoms with Crippen molar-refractivity contribution < 1.29 is 13.9 Å². The van der Waals surface area contributed by atoms with Crippen molar-refractivity contribution in [2.45, 2.75) is 6.54 Å². The Kier molecular flexibility index (Phi) is 2.58. The Morgan fingerprint density at radius 2 is 2.05 bits per heavy atom. The molecule has 6 heteroatoms. The van der Waals surface area contributed by atoms with Crippen molar-refractivity contribution in [3.8, 4) is 22.8 Å². The smallest absolute Gasteiger partial charge is 0.231 e. The second-order valence-electron chi connectivity index (χ2n) is 4.75. The number of rotatable bonds is 2. The van der Waals surface area contributed by atoms with Crippen LogP contribution in [0.15, 0.2) is 36.5 Å². The molecule has 1 aliphatic rings. The minimum Gasteiger partial charge on any atom is -0.454 e. The van der Waals surface area contributed by atoms with Crippen molar-refractivity contribution in [1.29, 1.82) is 0 Å². The highest BCUT2D eigenvalue weighted by atomic mass is 19.1. The molecule has 1 aliphatic heterocycles. The zero-order chi connectivity index (χ0) is 14.4. The molecule has 2 aromatic heterocycles. The van der Waals surface area contributed by atoms with Crippen molar-refractivity contribution in [1.82, 2.24) is 9.38 Å². The first-order valence-corrected chi connectivity index (χ1v) is 6.53. The zero-order valence-corrected chi connectivity index (χ0v) is 11.0. The molecule has 0 atom stereocenters. The quantitative estimate of drug-likeness (QED) is 0.785. The summed E-state index contributed by atoms with van der Waals surface area (Å²) >= 11 is 0. The van der Waals surface area contributed by atoms with Gasteiger partial charge in [-0.1, -0.05) is 0 Å². The Balaban J connectivity index is 1.93. The van der Waals surface area contributed by atoms with Crippen LogP contribution in [-0.4, -0.2) is 16.2 Å². The van der Waals surface area contributed by atoms with E-state index in [1.54, 1.807) is 10.5 Å². The van der Waals surface area contributed by atoms with E-state index in [4.69, 9.17) is 15.2 Å². The number of fused-ring (bicyclic) bond motifs is 2. The molecule has 0 aliphatic carbocycles. The van der Waals surface area contributed by atoms with E-state index in [1.165, 1.54) is 12.3 Å². The van der Waals surface area contributed by atoms with Gasteiger partial charge in [-0.2, -0.15) is 0 Å². The molecule has 0 unspecified atom stereocenters. The average molecular weight is 285 g/mol. The Morgan fingerprint density at radius 1 is 1.19 bits per heavy atom. The van der Waals surface area contributed by atoms with Gasteiger partial charge in [0, 0.05) is 18.3 Å². The van der Waals surface area contributed by atoms with E-state index < -0.39 is 0 Å². The first-order valence-electron chi connectivity index (χ1n) is 6.53. The largest absolute Gasteiger partial charge is 0.454 e. The van der Waals surface area contributed by atoms with E-state index in [9.17, 15) is 4.39 Å². The van der Waals surface area contributed by atoms with Crippen molar-refractivity contribution in [2.24, 2.45) is 5.73 Å². The SMILES string of the molecule is NCc1c(-c2ccc3c(c2)OCO3)nc2ccc(F)cn12. The third kappa shape index (κ3) is 1.84. The fraction of sp³-hybridized carbons (Fsp3) is 0.133. The van der Waals surface area contributed by atoms with Crippen LogP contribution in [-0.2, 0) is 6.54 Å². The normalized spacial score (nSPS) is 13.0. The molecular weight excluding hydrogens is 273 g/mol. The number of nitrogens with zero attached hydrogens (tertiary/aromatic N) is 2. The number of benzene rings is 1. The van der Waals surface area contributed by atoms with Crippen LogP contribution in [0.25, 0.3) is 16.9 Å². The summed E-state index contributed by atoms with van der Waals surface area (Å²) < 4.78 is 25.8. The molecule has 5 nitrogen and oxygen atoms in total. The van der Waals surface area contributed by atoms with Crippen LogP contribution in [0, 0.1) is 5.82 Å². The van der Waals surface area contributed by atoms with Crippen molar-refractivity contribution in [3.05, 3.63) is 48.0 Å². The van der Waals surface area contributed by atoms with E-state index in [0.717, 1.165) is 17.0 Å². The summed E-state index contributed by atoms with van der Waals surface area (Å²) in [7, 11) is 0. The van der Waals surface area contributed by atoms with Crippen LogP contribution >= 0.6 is 0 Å². The summed E-state index contributed by atoms with van der Waals surface area (Å²) in [5, 5.41) is 0. The van der Waals surface area contributed by atoms with Gasteiger partial charge in [0.1, 0.15) is 11.5 Å². The van der Waals surface area contributed by atoms with E-state index in [0.29, 0.717) is 17.1 Å². The van der Waals surface area contributed by atoms with Crippen molar-refractivity contribution >= 4 is 5.65 Å². The number of hydrogen-bond donors (Lipinski definition) is 1. The van der Waals surface area contributed by atoms with Crippen LogP contribution in [0.5, 0.6) is 11.5 Å². The van der Waals surface area contributed by atoms with Crippen molar-refractivity contribution in [2.75, 3.05) is 6.79 Å². The maximum absolute atomic E-state index is 13.4. The van der Waals surface area contributed by atoms with Gasteiger partial charge in [0.05, 0.1) is 11.4 Å². The Labute approximate surface area is 119 Å². The number of aromatic nitrogens is 2. The standard InChI is InChI=1S/C15H12FN3O2/c16-10-2-4-14-18-15(11(6-17)19(14)7-10)9-1-3-12-13(5-9)21-8-20-12/h1-5,7H,6,8,17H2. The topological polar surface area (TPSA) is 61.8 Å². The lowest BCUT2D eigenvalue weighted by atomic mass is 10.1. The average Bonchev–Trinajstić information content (AvgIpc) is 3.09. The highest BCUT2D eigenvalue weighted by Gasteiger charge is 2.18. The molecular formula is C15H12FN3O2. The maximum atomic E-state index is 13.4. The Hall–Kier alpha value is -2.60. The van der Waals surface area contributed by atoms with E-state index in [2.05, 4.69) is 4.98 Å². The molecule has 3 heterocycles. The summed E-state index contributed by atoms with van der Waals surface area (Å²) in [5.41, 5.74) is 8.82. The summed E-state index contributed by atoms with van der Waals surface area (Å²) in [4.78, 5) is 4.54. The van der Waals surface area contributed by atoms with Gasteiger partial charge in [-0.05, 0) is 30.3 Å². The highest BCUT2D eigenvalue weighted by Crippen LogP contribution is 2.36. The summed E-state index contributed by atoms with van der Waals surface area (Å²) in [6, 6.07) is 8.60. The fourth-order valence-corrected chi connectivity index (χ4v) is 2.54. The van der Waals surface area contributed by atoms with E-state index in [-0.39, 0.29) is 19.2 Å². The first-order chi connectivity index (χ1) is 10.3. The van der Waals surface area contributed by atoms with Crippen LogP contribution in [0.1, 0.15) is 5.69 Å². The third-order valence-electron chi connectivity index (χ3n) is 3.52. The number of halogens is 1. The number of hydrogen-bond acceptors (Lipinski definition) is 4. The molecule has 21 heavy (non-hydrogen) atoms. The lowest BCUT2D eigenvalue weighted by Crippen LogP contribution is -2.02. The van der Waals surface area contributed by atoms with Gasteiger partial charge in [0.15, 0.2) is 11.5 Å². The lowest BCUT2D eigenvalue weighted by molar-refractivity contribution is 0.174. The van der Waals surface area contributed by atoms with Crippen LogP contribution < -0.4 is 15.2 Å². The Bertz CT molecular complexity index is 844. The van der Waals surface area contributed by atoms with Crippen LogP contribution in [0.3, 0.4) is 0 Å². The van der Waals surface area contributed by atoms with E-state index >= 15 is 0 Å². The molecule has 0 spiro atoms. The van der Waals surface area contributed by atoms with Gasteiger partial charge in [0.25, 0.3) is 0 Å². The third-order valence-corrected chi connectivity index (χ3v) is 3.52. The second-order valence-corrected chi connectivity index (χ2v) is 4.75. The predicted molar refractivity (Wildman–Crippen MR) is 74.6 cm³/mol. The molecule has 0 saturated carbocycles. The number of imidazole rings is 1. The first kappa shape index (κ1) is 12.2. The molecule has 3 aromatic rings. The lowest BCUT2D eigenvalue weighted by Gasteiger charge is -2.03. The van der Waals surface area contributed by atoms with Gasteiger partial charge in [-0.3, -0.25) is 4.40 Å². The predicted octanol–water partition coefficient (Wildman–Crippen LogP) is 2.33. The van der Waals surface area contributed by atoms with Crippen LogP contribution in [0.2, 0.25) is 0 Å². The molecule has 4 rings (SSSR count). The van der Waals surface area contributed by atoms with Gasteiger partial charge in [-0.15, -0.1) is 0 Å². The Morgan fingerprint density at radius 3 is 2.90 bits per heavy atom. The molecule has 0 radical (unpaired) electrons. The van der Waals surface area contributed by atoms with Gasteiger partial charge in [0.2, 0.25) is 6.79 Å². The maximum Gasteiger partial charge on any atom is 0.231 e. The molecule has 0 fully saturated rings. The van der Waals surface area contributed by atoms with Crippen molar-refractivity contribution in [3.63, 3.8) is 0 Å². The monoisotopic (exact) mass is 285 g/mol. The molecule has 0 bridgehead atoms. The molecule has 106 valence electrons. The summed E-state index contributed by atoms with van der Waals surface area (Å²) in [5.74, 6) is 1.06. The zero-order valence-electron chi connectivity index (χ0n) is 11.0. The van der Waals surface area contributed by atoms with Gasteiger partial charge in [-0.25, -0.2) is 9.37 Å². The summed E-state index contributed by atoms with van der Waals surface area (Å²) in [6.45, 7) is 0.479. The molecule has 0 amide bonds. The minimum atomic E-state index is -0.327. The summed E-state index contributed by atoms with van der Waals surface area (Å²) in [6.07, 6.45) is 1.39. The number of pyridine rings is 1. The molecule has 2 N–H and O–H groups in total. The molecule has 1 aromatic carbocycles. The van der Waals surface area contributed by atoms with Crippen LogP contribution in [0.4, 0.5) is 4.39 Å². The minimum absolute atomic E-state index is 0.221. The highest BCUT2D eigenvalue weighted by molar-refractivity contribution is 5.69. The fourth-order valence-electron chi connectivity index (χ4n) is 2.54. The second kappa shape index (κ2) is 4.46. The molecule has 0 saturated heterocycles. The van der Waals surface area contributed by atoms with Gasteiger partial charge < -0.3 is 15.2 Å². The van der Waals surface area contributed by atoms with E-state index in [1.807, 2.05) is 18.2 Å². The number of ether oxygens (including phenoxy) is 2. The van der Waals surface area contributed by atoms with Gasteiger partial charge >= 0.3 is 0 Å².